The minimum absolute atomic E-state index is 0.608. The Balaban J connectivity index is 1.31. The lowest BCUT2D eigenvalue weighted by Crippen LogP contribution is -2.40. The zero-order valence-electron chi connectivity index (χ0n) is 16.7. The van der Waals surface area contributed by atoms with Crippen LogP contribution in [0.4, 0.5) is 0 Å². The number of nitrogens with zero attached hydrogens (tertiary/aromatic N) is 1. The minimum atomic E-state index is -3.01. The largest absolute Gasteiger partial charge is 0.497 e. The van der Waals surface area contributed by atoms with Crippen LogP contribution in [-0.2, 0) is 22.9 Å². The monoisotopic (exact) mass is 394 g/mol. The summed E-state index contributed by atoms with van der Waals surface area (Å²) >= 11 is 0. The highest BCUT2D eigenvalue weighted by molar-refractivity contribution is 7.88. The van der Waals surface area contributed by atoms with Crippen LogP contribution < -0.4 is 10.1 Å². The summed E-state index contributed by atoms with van der Waals surface area (Å²) in [6.45, 7) is 3.43. The Morgan fingerprint density at radius 1 is 1.15 bits per heavy atom. The number of sulfonamides is 1. The molecule has 27 heavy (non-hydrogen) atoms. The molecule has 1 saturated heterocycles. The smallest absolute Gasteiger partial charge is 0.211 e. The first-order valence-electron chi connectivity index (χ1n) is 10.3. The summed E-state index contributed by atoms with van der Waals surface area (Å²) in [4.78, 5) is 0. The highest BCUT2D eigenvalue weighted by atomic mass is 32.2. The molecule has 1 unspecified atom stereocenters. The van der Waals surface area contributed by atoms with Gasteiger partial charge in [0.1, 0.15) is 5.75 Å². The highest BCUT2D eigenvalue weighted by Crippen LogP contribution is 2.30. The summed E-state index contributed by atoms with van der Waals surface area (Å²) < 4.78 is 30.1. The predicted octanol–water partition coefficient (Wildman–Crippen LogP) is 2.84. The Morgan fingerprint density at radius 2 is 1.93 bits per heavy atom. The fraction of sp³-hybridized carbons (Fsp3) is 0.714. The summed E-state index contributed by atoms with van der Waals surface area (Å²) in [6, 6.07) is 6.51. The van der Waals surface area contributed by atoms with Crippen molar-refractivity contribution < 1.29 is 13.2 Å². The van der Waals surface area contributed by atoms with Crippen LogP contribution in [0.25, 0.3) is 0 Å². The molecule has 2 aliphatic rings. The second-order valence-corrected chi connectivity index (χ2v) is 10.2. The van der Waals surface area contributed by atoms with Gasteiger partial charge in [-0.3, -0.25) is 0 Å². The van der Waals surface area contributed by atoms with E-state index in [0.717, 1.165) is 37.6 Å². The normalized spacial score (nSPS) is 21.8. The lowest BCUT2D eigenvalue weighted by Gasteiger charge is -2.30. The maximum Gasteiger partial charge on any atom is 0.211 e. The summed E-state index contributed by atoms with van der Waals surface area (Å²) in [5.74, 6) is 2.36. The molecular weight excluding hydrogens is 360 g/mol. The summed E-state index contributed by atoms with van der Waals surface area (Å²) in [7, 11) is -1.28. The van der Waals surface area contributed by atoms with Crippen molar-refractivity contribution >= 4 is 10.0 Å². The van der Waals surface area contributed by atoms with Crippen LogP contribution in [0.1, 0.15) is 43.2 Å². The maximum absolute atomic E-state index is 11.6. The van der Waals surface area contributed by atoms with E-state index in [1.54, 1.807) is 11.4 Å². The molecule has 5 nitrogen and oxygen atoms in total. The molecule has 1 aromatic rings. The fourth-order valence-corrected chi connectivity index (χ4v) is 5.32. The Kier molecular flexibility index (Phi) is 7.17. The number of hydrogen-bond acceptors (Lipinski definition) is 4. The number of fused-ring (bicyclic) bond motifs is 1. The summed E-state index contributed by atoms with van der Waals surface area (Å²) in [6.07, 6.45) is 9.41. The van der Waals surface area contributed by atoms with Crippen LogP contribution in [0.15, 0.2) is 18.2 Å². The number of piperidine rings is 1. The van der Waals surface area contributed by atoms with Crippen molar-refractivity contribution in [2.75, 3.05) is 39.5 Å². The second-order valence-electron chi connectivity index (χ2n) is 8.20. The van der Waals surface area contributed by atoms with Gasteiger partial charge >= 0.3 is 0 Å². The van der Waals surface area contributed by atoms with Crippen molar-refractivity contribution in [3.63, 3.8) is 0 Å². The van der Waals surface area contributed by atoms with Gasteiger partial charge in [0, 0.05) is 13.1 Å². The van der Waals surface area contributed by atoms with Gasteiger partial charge in [0.2, 0.25) is 10.0 Å². The predicted molar refractivity (Wildman–Crippen MR) is 110 cm³/mol. The molecule has 0 amide bonds. The van der Waals surface area contributed by atoms with Crippen molar-refractivity contribution in [3.05, 3.63) is 29.3 Å². The summed E-state index contributed by atoms with van der Waals surface area (Å²) in [5.41, 5.74) is 2.96. The first kappa shape index (κ1) is 20.6. The first-order chi connectivity index (χ1) is 13.0. The molecule has 1 N–H and O–H groups in total. The van der Waals surface area contributed by atoms with Gasteiger partial charge in [-0.05, 0) is 93.1 Å². The Morgan fingerprint density at radius 3 is 2.63 bits per heavy atom. The lowest BCUT2D eigenvalue weighted by molar-refractivity contribution is 0.267. The van der Waals surface area contributed by atoms with E-state index in [1.807, 2.05) is 0 Å². The first-order valence-corrected chi connectivity index (χ1v) is 12.1. The zero-order valence-corrected chi connectivity index (χ0v) is 17.6. The molecule has 6 heteroatoms. The van der Waals surface area contributed by atoms with E-state index in [2.05, 4.69) is 23.5 Å². The number of methoxy groups -OCH3 is 1. The van der Waals surface area contributed by atoms with E-state index in [1.165, 1.54) is 49.5 Å². The van der Waals surface area contributed by atoms with Gasteiger partial charge in [0.15, 0.2) is 0 Å². The maximum atomic E-state index is 11.6. The van der Waals surface area contributed by atoms with Crippen molar-refractivity contribution in [1.82, 2.24) is 9.62 Å². The molecule has 0 aromatic heterocycles. The number of nitrogens with one attached hydrogen (secondary N) is 1. The van der Waals surface area contributed by atoms with E-state index >= 15 is 0 Å². The van der Waals surface area contributed by atoms with Gasteiger partial charge in [-0.15, -0.1) is 0 Å². The van der Waals surface area contributed by atoms with Gasteiger partial charge in [-0.25, -0.2) is 12.7 Å². The quantitative estimate of drug-likeness (QED) is 0.689. The van der Waals surface area contributed by atoms with E-state index in [9.17, 15) is 8.42 Å². The Bertz CT molecular complexity index is 712. The van der Waals surface area contributed by atoms with Crippen LogP contribution in [0, 0.1) is 11.8 Å². The van der Waals surface area contributed by atoms with E-state index < -0.39 is 10.0 Å². The molecule has 0 spiro atoms. The molecule has 1 fully saturated rings. The van der Waals surface area contributed by atoms with E-state index in [4.69, 9.17) is 4.74 Å². The SMILES string of the molecule is COc1ccc2c(c1)CC(CCCNCC1CCN(S(C)(=O)=O)CC1)CC2. The molecule has 0 bridgehead atoms. The van der Waals surface area contributed by atoms with Crippen LogP contribution in [0.3, 0.4) is 0 Å². The Hall–Kier alpha value is -1.11. The van der Waals surface area contributed by atoms with Crippen LogP contribution in [0.2, 0.25) is 0 Å². The van der Waals surface area contributed by atoms with Crippen molar-refractivity contribution in [2.45, 2.75) is 44.9 Å². The van der Waals surface area contributed by atoms with Gasteiger partial charge in [0.05, 0.1) is 13.4 Å². The third-order valence-corrected chi connectivity index (χ3v) is 7.49. The van der Waals surface area contributed by atoms with E-state index in [-0.39, 0.29) is 0 Å². The minimum Gasteiger partial charge on any atom is -0.497 e. The van der Waals surface area contributed by atoms with Crippen LogP contribution >= 0.6 is 0 Å². The van der Waals surface area contributed by atoms with Crippen molar-refractivity contribution in [1.29, 1.82) is 0 Å². The van der Waals surface area contributed by atoms with Crippen LogP contribution in [0.5, 0.6) is 5.75 Å². The molecular formula is C21H34N2O3S. The second kappa shape index (κ2) is 9.39. The third-order valence-electron chi connectivity index (χ3n) is 6.19. The fourth-order valence-electron chi connectivity index (χ4n) is 4.45. The molecule has 1 aliphatic heterocycles. The molecule has 0 radical (unpaired) electrons. The van der Waals surface area contributed by atoms with Gasteiger partial charge in [0.25, 0.3) is 0 Å². The van der Waals surface area contributed by atoms with Crippen molar-refractivity contribution in [3.8, 4) is 5.75 Å². The number of hydrogen-bond donors (Lipinski definition) is 1. The standard InChI is InChI=1S/C21H34N2O3S/c1-26-21-8-7-19-6-5-17(14-20(19)15-21)4-3-11-22-16-18-9-12-23(13-10-18)27(2,24)25/h7-8,15,17-18,22H,3-6,9-14,16H2,1-2H3. The molecule has 1 heterocycles. The zero-order chi connectivity index (χ0) is 19.3. The van der Waals surface area contributed by atoms with Gasteiger partial charge in [-0.2, -0.15) is 0 Å². The summed E-state index contributed by atoms with van der Waals surface area (Å²) in [5, 5.41) is 3.60. The third kappa shape index (κ3) is 5.93. The highest BCUT2D eigenvalue weighted by Gasteiger charge is 2.24. The van der Waals surface area contributed by atoms with Crippen molar-refractivity contribution in [2.24, 2.45) is 11.8 Å². The molecule has 3 rings (SSSR count). The topological polar surface area (TPSA) is 58.6 Å². The molecule has 0 saturated carbocycles. The van der Waals surface area contributed by atoms with Crippen LogP contribution in [-0.4, -0.2) is 52.3 Å². The lowest BCUT2D eigenvalue weighted by atomic mass is 9.81. The van der Waals surface area contributed by atoms with E-state index in [0.29, 0.717) is 19.0 Å². The average molecular weight is 395 g/mol. The average Bonchev–Trinajstić information content (AvgIpc) is 2.66. The number of aryl methyl sites for hydroxylation is 1. The molecule has 152 valence electrons. The molecule has 1 aliphatic carbocycles. The number of ether oxygens (including phenoxy) is 1. The number of rotatable bonds is 8. The van der Waals surface area contributed by atoms with Gasteiger partial charge < -0.3 is 10.1 Å². The molecule has 1 aromatic carbocycles. The molecule has 1 atom stereocenters. The Labute approximate surface area is 164 Å². The van der Waals surface area contributed by atoms with Gasteiger partial charge in [-0.1, -0.05) is 6.07 Å². The number of benzene rings is 1.